The lowest BCUT2D eigenvalue weighted by molar-refractivity contribution is 0.411. The molecule has 1 aliphatic heterocycles. The maximum Gasteiger partial charge on any atom is 0.246 e. The highest BCUT2D eigenvalue weighted by Crippen LogP contribution is 2.28. The Bertz CT molecular complexity index is 623. The Morgan fingerprint density at radius 2 is 2.14 bits per heavy atom. The summed E-state index contributed by atoms with van der Waals surface area (Å²) in [4.78, 5) is -0.494. The van der Waals surface area contributed by atoms with Gasteiger partial charge in [0.2, 0.25) is 10.0 Å². The van der Waals surface area contributed by atoms with E-state index >= 15 is 0 Å². The summed E-state index contributed by atoms with van der Waals surface area (Å²) in [7, 11) is -3.96. The van der Waals surface area contributed by atoms with Crippen molar-refractivity contribution in [2.45, 2.75) is 30.0 Å². The number of nitrogens with two attached hydrogens (primary N) is 1. The average Bonchev–Trinajstić information content (AvgIpc) is 2.47. The van der Waals surface area contributed by atoms with E-state index < -0.39 is 32.1 Å². The highest BCUT2D eigenvalue weighted by atomic mass is 32.2. The number of thioether (sulfide) groups is 1. The van der Waals surface area contributed by atoms with Crippen LogP contribution in [0, 0.1) is 11.6 Å². The van der Waals surface area contributed by atoms with Crippen LogP contribution in [0.15, 0.2) is 17.0 Å². The molecule has 1 aromatic rings. The van der Waals surface area contributed by atoms with Gasteiger partial charge in [0.25, 0.3) is 0 Å². The summed E-state index contributed by atoms with van der Waals surface area (Å²) in [5.41, 5.74) is 4.90. The van der Waals surface area contributed by atoms with Crippen molar-refractivity contribution in [3.63, 3.8) is 0 Å². The lowest BCUT2D eigenvalue weighted by Crippen LogP contribution is -2.42. The molecule has 1 unspecified atom stereocenters. The number of hydrogen-bond donors (Lipinski definition) is 1. The summed E-state index contributed by atoms with van der Waals surface area (Å²) in [6, 6.07) is 1.93. The third-order valence-electron chi connectivity index (χ3n) is 3.53. The third kappa shape index (κ3) is 3.23. The largest absolute Gasteiger partial charge is 0.326 e. The van der Waals surface area contributed by atoms with E-state index in [0.717, 1.165) is 18.6 Å². The van der Waals surface area contributed by atoms with Crippen LogP contribution in [0.2, 0.25) is 0 Å². The molecule has 0 aliphatic carbocycles. The predicted molar refractivity (Wildman–Crippen MR) is 79.5 cm³/mol. The molecule has 1 aromatic carbocycles. The number of benzene rings is 1. The zero-order valence-corrected chi connectivity index (χ0v) is 13.3. The summed E-state index contributed by atoms with van der Waals surface area (Å²) >= 11 is 1.71. The van der Waals surface area contributed by atoms with Crippen LogP contribution >= 0.6 is 11.8 Å². The minimum absolute atomic E-state index is 0.200. The van der Waals surface area contributed by atoms with Crippen molar-refractivity contribution in [3.05, 3.63) is 29.3 Å². The Labute approximate surface area is 127 Å². The first kappa shape index (κ1) is 16.7. The zero-order chi connectivity index (χ0) is 15.6. The molecule has 1 aliphatic rings. The van der Waals surface area contributed by atoms with Crippen molar-refractivity contribution in [1.29, 1.82) is 0 Å². The van der Waals surface area contributed by atoms with Crippen LogP contribution in [0.5, 0.6) is 0 Å². The van der Waals surface area contributed by atoms with Gasteiger partial charge in [-0.2, -0.15) is 16.1 Å². The van der Waals surface area contributed by atoms with Crippen molar-refractivity contribution in [3.8, 4) is 0 Å². The number of sulfonamides is 1. The first-order valence-corrected chi connectivity index (χ1v) is 9.19. The van der Waals surface area contributed by atoms with Gasteiger partial charge in [-0.05, 0) is 18.6 Å². The average molecular weight is 336 g/mol. The van der Waals surface area contributed by atoms with Crippen molar-refractivity contribution in [1.82, 2.24) is 4.31 Å². The van der Waals surface area contributed by atoms with Crippen LogP contribution in [0.4, 0.5) is 8.78 Å². The van der Waals surface area contributed by atoms with Gasteiger partial charge in [0.15, 0.2) is 5.82 Å². The van der Waals surface area contributed by atoms with E-state index in [-0.39, 0.29) is 11.8 Å². The van der Waals surface area contributed by atoms with Gasteiger partial charge in [-0.1, -0.05) is 6.92 Å². The van der Waals surface area contributed by atoms with Crippen molar-refractivity contribution >= 4 is 21.8 Å². The summed E-state index contributed by atoms with van der Waals surface area (Å²) in [6.07, 6.45) is 0.844. The van der Waals surface area contributed by atoms with Gasteiger partial charge in [0, 0.05) is 36.2 Å². The number of nitrogens with zero attached hydrogens (tertiary/aromatic N) is 1. The topological polar surface area (TPSA) is 63.4 Å². The van der Waals surface area contributed by atoms with Gasteiger partial charge in [0.1, 0.15) is 10.7 Å². The summed E-state index contributed by atoms with van der Waals surface area (Å²) in [5, 5.41) is 0.200. The highest BCUT2D eigenvalue weighted by molar-refractivity contribution is 8.00. The van der Waals surface area contributed by atoms with Gasteiger partial charge in [-0.15, -0.1) is 0 Å². The molecule has 0 amide bonds. The van der Waals surface area contributed by atoms with Gasteiger partial charge < -0.3 is 5.73 Å². The molecule has 0 bridgehead atoms. The molecule has 2 N–H and O–H groups in total. The van der Waals surface area contributed by atoms with E-state index in [4.69, 9.17) is 5.73 Å². The molecule has 118 valence electrons. The molecule has 0 spiro atoms. The lowest BCUT2D eigenvalue weighted by atomic mass is 10.2. The monoisotopic (exact) mass is 336 g/mol. The molecule has 0 aromatic heterocycles. The molecule has 2 rings (SSSR count). The molecule has 0 saturated carbocycles. The molecular formula is C13H18F2N2O2S2. The van der Waals surface area contributed by atoms with Gasteiger partial charge in [0.05, 0.1) is 0 Å². The third-order valence-corrected chi connectivity index (χ3v) is 6.78. The summed E-state index contributed by atoms with van der Waals surface area (Å²) < 4.78 is 54.1. The predicted octanol–water partition coefficient (Wildman–Crippen LogP) is 1.94. The fourth-order valence-electron chi connectivity index (χ4n) is 2.26. The first-order valence-electron chi connectivity index (χ1n) is 6.70. The molecule has 1 saturated heterocycles. The highest BCUT2D eigenvalue weighted by Gasteiger charge is 2.33. The van der Waals surface area contributed by atoms with Crippen LogP contribution in [0.25, 0.3) is 0 Å². The molecule has 8 heteroatoms. The van der Waals surface area contributed by atoms with Crippen molar-refractivity contribution < 1.29 is 17.2 Å². The normalized spacial score (nSPS) is 20.7. The minimum Gasteiger partial charge on any atom is -0.326 e. The van der Waals surface area contributed by atoms with Crippen LogP contribution in [-0.2, 0) is 16.6 Å². The lowest BCUT2D eigenvalue weighted by Gasteiger charge is -2.31. The van der Waals surface area contributed by atoms with E-state index in [1.807, 2.05) is 6.92 Å². The molecule has 1 heterocycles. The summed E-state index contributed by atoms with van der Waals surface area (Å²) in [5.74, 6) is -1.23. The first-order chi connectivity index (χ1) is 9.91. The Morgan fingerprint density at radius 3 is 2.76 bits per heavy atom. The second kappa shape index (κ2) is 6.60. The van der Waals surface area contributed by atoms with E-state index in [9.17, 15) is 17.2 Å². The fraction of sp³-hybridized carbons (Fsp3) is 0.538. The Kier molecular flexibility index (Phi) is 5.24. The second-order valence-corrected chi connectivity index (χ2v) is 8.12. The molecule has 21 heavy (non-hydrogen) atoms. The van der Waals surface area contributed by atoms with Gasteiger partial charge >= 0.3 is 0 Å². The smallest absolute Gasteiger partial charge is 0.246 e. The molecule has 1 atom stereocenters. The standard InChI is InChI=1S/C13H18F2N2O2S2/c1-2-9-8-17(5-6-20-9)21(18,19)12-4-3-11(14)10(7-16)13(12)15/h3-4,9H,2,5-8,16H2,1H3. The van der Waals surface area contributed by atoms with Crippen molar-refractivity contribution in [2.75, 3.05) is 18.8 Å². The minimum atomic E-state index is -3.96. The molecule has 0 radical (unpaired) electrons. The number of hydrogen-bond acceptors (Lipinski definition) is 4. The van der Waals surface area contributed by atoms with Crippen LogP contribution in [-0.4, -0.2) is 36.8 Å². The van der Waals surface area contributed by atoms with E-state index in [2.05, 4.69) is 0 Å². The maximum absolute atomic E-state index is 14.2. The van der Waals surface area contributed by atoms with Gasteiger partial charge in [-0.25, -0.2) is 17.2 Å². The second-order valence-electron chi connectivity index (χ2n) is 4.81. The van der Waals surface area contributed by atoms with Gasteiger partial charge in [-0.3, -0.25) is 0 Å². The van der Waals surface area contributed by atoms with Crippen LogP contribution < -0.4 is 5.73 Å². The Morgan fingerprint density at radius 1 is 1.43 bits per heavy atom. The van der Waals surface area contributed by atoms with E-state index in [1.165, 1.54) is 4.31 Å². The van der Waals surface area contributed by atoms with E-state index in [1.54, 1.807) is 11.8 Å². The van der Waals surface area contributed by atoms with Crippen molar-refractivity contribution in [2.24, 2.45) is 5.73 Å². The summed E-state index contributed by atoms with van der Waals surface area (Å²) in [6.45, 7) is 2.28. The zero-order valence-electron chi connectivity index (χ0n) is 11.7. The van der Waals surface area contributed by atoms with Crippen LogP contribution in [0.3, 0.4) is 0 Å². The number of halogens is 2. The van der Waals surface area contributed by atoms with Crippen LogP contribution in [0.1, 0.15) is 18.9 Å². The number of rotatable bonds is 4. The quantitative estimate of drug-likeness (QED) is 0.913. The fourth-order valence-corrected chi connectivity index (χ4v) is 5.22. The Balaban J connectivity index is 2.40. The Hall–Kier alpha value is -0.700. The van der Waals surface area contributed by atoms with E-state index in [0.29, 0.717) is 18.8 Å². The molecule has 1 fully saturated rings. The SMILES string of the molecule is CCC1CN(S(=O)(=O)c2ccc(F)c(CN)c2F)CCS1. The molecule has 4 nitrogen and oxygen atoms in total. The molecular weight excluding hydrogens is 318 g/mol. The maximum atomic E-state index is 14.2.